The van der Waals surface area contributed by atoms with Gasteiger partial charge >= 0.3 is 5.91 Å². The number of ether oxygens (including phenoxy) is 1. The number of aliphatic hydroxyl groups excluding tert-OH is 1. The van der Waals surface area contributed by atoms with Gasteiger partial charge in [0.15, 0.2) is 0 Å². The van der Waals surface area contributed by atoms with Crippen molar-refractivity contribution in [2.45, 2.75) is 32.2 Å². The highest BCUT2D eigenvalue weighted by Crippen LogP contribution is 2.45. The Morgan fingerprint density at radius 2 is 1.77 bits per heavy atom. The first-order chi connectivity index (χ1) is 18.4. The van der Waals surface area contributed by atoms with Crippen LogP contribution in [0.25, 0.3) is 16.8 Å². The van der Waals surface area contributed by atoms with Crippen molar-refractivity contribution in [3.05, 3.63) is 92.7 Å². The zero-order valence-electron chi connectivity index (χ0n) is 21.5. The Morgan fingerprint density at radius 3 is 2.41 bits per heavy atom. The Bertz CT molecular complexity index is 1670. The van der Waals surface area contributed by atoms with E-state index in [4.69, 9.17) is 27.9 Å². The SMILES string of the molecule is COc1c(Cl)cc(Cl)cc1/C(O)=C1\C(=O)C(=O)N(c2nc3ccc(F)cc3[nH]2)C1c1ccc(C(C)(C)C)cc1. The zero-order chi connectivity index (χ0) is 28.2. The van der Waals surface area contributed by atoms with Gasteiger partial charge in [-0.1, -0.05) is 68.2 Å². The van der Waals surface area contributed by atoms with Gasteiger partial charge < -0.3 is 14.8 Å². The fraction of sp³-hybridized carbons (Fsp3) is 0.207. The minimum absolute atomic E-state index is 0.0257. The van der Waals surface area contributed by atoms with E-state index in [1.54, 1.807) is 12.1 Å². The number of aliphatic hydroxyl groups is 1. The zero-order valence-corrected chi connectivity index (χ0v) is 23.0. The minimum atomic E-state index is -1.08. The van der Waals surface area contributed by atoms with Gasteiger partial charge in [-0.05, 0) is 46.9 Å². The summed E-state index contributed by atoms with van der Waals surface area (Å²) in [6.45, 7) is 6.20. The number of amides is 1. The van der Waals surface area contributed by atoms with Crippen LogP contribution in [0.4, 0.5) is 10.3 Å². The van der Waals surface area contributed by atoms with Crippen molar-refractivity contribution >= 4 is 57.6 Å². The van der Waals surface area contributed by atoms with Gasteiger partial charge in [0.1, 0.15) is 17.3 Å². The van der Waals surface area contributed by atoms with Crippen molar-refractivity contribution < 1.29 is 23.8 Å². The molecule has 0 saturated carbocycles. The van der Waals surface area contributed by atoms with Gasteiger partial charge in [-0.25, -0.2) is 9.37 Å². The predicted molar refractivity (Wildman–Crippen MR) is 149 cm³/mol. The summed E-state index contributed by atoms with van der Waals surface area (Å²) in [4.78, 5) is 35.6. The average molecular weight is 568 g/mol. The van der Waals surface area contributed by atoms with Gasteiger partial charge in [-0.3, -0.25) is 14.5 Å². The summed E-state index contributed by atoms with van der Waals surface area (Å²) < 4.78 is 19.3. The Kier molecular flexibility index (Phi) is 6.64. The highest BCUT2D eigenvalue weighted by Gasteiger charge is 2.48. The summed E-state index contributed by atoms with van der Waals surface area (Å²) in [5.74, 6) is -2.75. The van der Waals surface area contributed by atoms with Gasteiger partial charge in [0.25, 0.3) is 5.78 Å². The molecule has 2 heterocycles. The van der Waals surface area contributed by atoms with Gasteiger partial charge in [0.2, 0.25) is 5.95 Å². The number of Topliss-reactive ketones (excluding diaryl/α,β-unsaturated/α-hetero) is 1. The van der Waals surface area contributed by atoms with Crippen LogP contribution >= 0.6 is 23.2 Å². The molecule has 1 aliphatic heterocycles. The Hall–Kier alpha value is -3.88. The molecule has 1 fully saturated rings. The van der Waals surface area contributed by atoms with Crippen molar-refractivity contribution in [1.82, 2.24) is 9.97 Å². The fourth-order valence-corrected chi connectivity index (χ4v) is 5.27. The lowest BCUT2D eigenvalue weighted by Crippen LogP contribution is -2.30. The molecule has 200 valence electrons. The Balaban J connectivity index is 1.76. The summed E-state index contributed by atoms with van der Waals surface area (Å²) in [5, 5.41) is 11.8. The number of aromatic amines is 1. The van der Waals surface area contributed by atoms with Gasteiger partial charge in [-0.15, -0.1) is 0 Å². The molecule has 1 amide bonds. The lowest BCUT2D eigenvalue weighted by Gasteiger charge is -2.25. The van der Waals surface area contributed by atoms with E-state index in [0.717, 1.165) is 10.5 Å². The van der Waals surface area contributed by atoms with Crippen LogP contribution in [0.15, 0.2) is 60.2 Å². The summed E-state index contributed by atoms with van der Waals surface area (Å²) in [5.41, 5.74) is 2.03. The molecule has 0 aliphatic carbocycles. The molecule has 1 aliphatic rings. The summed E-state index contributed by atoms with van der Waals surface area (Å²) in [6.07, 6.45) is 0. The van der Waals surface area contributed by atoms with Gasteiger partial charge in [0.05, 0.1) is 40.3 Å². The number of halogens is 3. The van der Waals surface area contributed by atoms with Crippen LogP contribution in [0.5, 0.6) is 5.75 Å². The number of H-pyrrole nitrogens is 1. The maximum atomic E-state index is 13.9. The Morgan fingerprint density at radius 1 is 1.08 bits per heavy atom. The Labute approximate surface area is 233 Å². The molecule has 39 heavy (non-hydrogen) atoms. The van der Waals surface area contributed by atoms with Crippen LogP contribution in [0.1, 0.15) is 43.5 Å². The summed E-state index contributed by atoms with van der Waals surface area (Å²) in [7, 11) is 1.36. The molecule has 7 nitrogen and oxygen atoms in total. The third kappa shape index (κ3) is 4.64. The molecule has 2 N–H and O–H groups in total. The van der Waals surface area contributed by atoms with E-state index in [-0.39, 0.29) is 38.3 Å². The van der Waals surface area contributed by atoms with Crippen LogP contribution in [0, 0.1) is 5.82 Å². The first-order valence-electron chi connectivity index (χ1n) is 12.0. The first-order valence-corrected chi connectivity index (χ1v) is 12.8. The number of ketones is 1. The number of benzene rings is 3. The quantitative estimate of drug-likeness (QED) is 0.158. The largest absolute Gasteiger partial charge is 0.507 e. The molecule has 1 unspecified atom stereocenters. The van der Waals surface area contributed by atoms with Crippen LogP contribution in [-0.2, 0) is 15.0 Å². The number of hydrogen-bond acceptors (Lipinski definition) is 5. The number of carbonyl (C=O) groups is 2. The molecule has 3 aromatic carbocycles. The number of hydrogen-bond donors (Lipinski definition) is 2. The van der Waals surface area contributed by atoms with Gasteiger partial charge in [-0.2, -0.15) is 0 Å². The molecule has 1 saturated heterocycles. The maximum absolute atomic E-state index is 13.9. The van der Waals surface area contributed by atoms with Crippen molar-refractivity contribution in [2.24, 2.45) is 0 Å². The number of carbonyl (C=O) groups excluding carboxylic acids is 2. The second-order valence-electron chi connectivity index (χ2n) is 10.2. The van der Waals surface area contributed by atoms with Crippen molar-refractivity contribution in [2.75, 3.05) is 12.0 Å². The van der Waals surface area contributed by atoms with Crippen molar-refractivity contribution in [3.8, 4) is 5.75 Å². The third-order valence-electron chi connectivity index (χ3n) is 6.66. The molecular weight excluding hydrogens is 544 g/mol. The standard InChI is InChI=1S/C29H24Cl2FN3O4/c1-29(2,3)15-7-5-14(6-8-15)23-22(24(36)18-11-16(30)12-19(31)26(18)39-4)25(37)27(38)35(23)28-33-20-10-9-17(32)13-21(20)34-28/h5-13,23,36H,1-4H3,(H,33,34)/b24-22+. The lowest BCUT2D eigenvalue weighted by atomic mass is 9.85. The number of rotatable bonds is 4. The first kappa shape index (κ1) is 26.7. The molecule has 0 radical (unpaired) electrons. The average Bonchev–Trinajstić information content (AvgIpc) is 3.40. The maximum Gasteiger partial charge on any atom is 0.302 e. The van der Waals surface area contributed by atoms with Crippen LogP contribution in [-0.4, -0.2) is 33.9 Å². The van der Waals surface area contributed by atoms with E-state index in [9.17, 15) is 19.1 Å². The van der Waals surface area contributed by atoms with E-state index >= 15 is 0 Å². The van der Waals surface area contributed by atoms with Crippen LogP contribution < -0.4 is 9.64 Å². The highest BCUT2D eigenvalue weighted by molar-refractivity contribution is 6.51. The molecule has 10 heteroatoms. The predicted octanol–water partition coefficient (Wildman–Crippen LogP) is 6.94. The number of imidazole rings is 1. The van der Waals surface area contributed by atoms with E-state index in [1.807, 2.05) is 12.1 Å². The molecule has 0 spiro atoms. The van der Waals surface area contributed by atoms with E-state index in [1.165, 1.54) is 37.4 Å². The lowest BCUT2D eigenvalue weighted by molar-refractivity contribution is -0.132. The molecule has 0 bridgehead atoms. The smallest absolute Gasteiger partial charge is 0.302 e. The van der Waals surface area contributed by atoms with Crippen molar-refractivity contribution in [3.63, 3.8) is 0 Å². The number of anilines is 1. The van der Waals surface area contributed by atoms with Crippen LogP contribution in [0.3, 0.4) is 0 Å². The molecule has 4 aromatic rings. The number of aromatic nitrogens is 2. The number of methoxy groups -OCH3 is 1. The van der Waals surface area contributed by atoms with Gasteiger partial charge in [0, 0.05) is 5.02 Å². The summed E-state index contributed by atoms with van der Waals surface area (Å²) >= 11 is 12.5. The normalized spacial score (nSPS) is 17.3. The van der Waals surface area contributed by atoms with E-state index in [2.05, 4.69) is 30.7 Å². The van der Waals surface area contributed by atoms with E-state index < -0.39 is 29.3 Å². The second-order valence-corrected chi connectivity index (χ2v) is 11.1. The van der Waals surface area contributed by atoms with Crippen LogP contribution in [0.2, 0.25) is 10.0 Å². The third-order valence-corrected chi connectivity index (χ3v) is 7.16. The second kappa shape index (κ2) is 9.70. The number of nitrogens with one attached hydrogen (secondary N) is 1. The summed E-state index contributed by atoms with van der Waals surface area (Å²) in [6, 6.07) is 13.1. The topological polar surface area (TPSA) is 95.5 Å². The molecule has 1 atom stereocenters. The minimum Gasteiger partial charge on any atom is -0.507 e. The van der Waals surface area contributed by atoms with E-state index in [0.29, 0.717) is 16.6 Å². The number of fused-ring (bicyclic) bond motifs is 1. The molecule has 5 rings (SSSR count). The highest BCUT2D eigenvalue weighted by atomic mass is 35.5. The molecular formula is C29H24Cl2FN3O4. The van der Waals surface area contributed by atoms with Crippen molar-refractivity contribution in [1.29, 1.82) is 0 Å². The number of nitrogens with zero attached hydrogens (tertiary/aromatic N) is 2. The molecule has 1 aromatic heterocycles. The monoisotopic (exact) mass is 567 g/mol. The fourth-order valence-electron chi connectivity index (χ4n) is 4.70.